The van der Waals surface area contributed by atoms with E-state index in [2.05, 4.69) is 24.4 Å². The van der Waals surface area contributed by atoms with E-state index in [1.54, 1.807) is 0 Å². The van der Waals surface area contributed by atoms with E-state index in [-0.39, 0.29) is 0 Å². The van der Waals surface area contributed by atoms with Gasteiger partial charge in [-0.3, -0.25) is 0 Å². The zero-order chi connectivity index (χ0) is 11.5. The number of hydrogen-bond acceptors (Lipinski definition) is 1. The van der Waals surface area contributed by atoms with Crippen molar-refractivity contribution in [2.45, 2.75) is 39.0 Å². The van der Waals surface area contributed by atoms with Crippen LogP contribution in [0.3, 0.4) is 0 Å². The maximum Gasteiger partial charge on any atom is 0.316 e. The fourth-order valence-electron chi connectivity index (χ4n) is 2.38. The van der Waals surface area contributed by atoms with Crippen LogP contribution in [0.2, 0.25) is 0 Å². The van der Waals surface area contributed by atoms with Gasteiger partial charge in [0.25, 0.3) is 0 Å². The van der Waals surface area contributed by atoms with E-state index in [4.69, 9.17) is 5.73 Å². The lowest BCUT2D eigenvalue weighted by molar-refractivity contribution is 0.259. The van der Waals surface area contributed by atoms with Crippen molar-refractivity contribution in [3.63, 3.8) is 0 Å². The molecule has 0 saturated carbocycles. The molecular formula is C13H18N2O. The number of urea groups is 1. The van der Waals surface area contributed by atoms with Crippen LogP contribution in [0.15, 0.2) is 12.1 Å². The predicted octanol–water partition coefficient (Wildman–Crippen LogP) is 2.62. The second kappa shape index (κ2) is 4.56. The highest BCUT2D eigenvalue weighted by atomic mass is 16.2. The van der Waals surface area contributed by atoms with Gasteiger partial charge >= 0.3 is 6.03 Å². The van der Waals surface area contributed by atoms with Crippen molar-refractivity contribution in [2.24, 2.45) is 5.73 Å². The van der Waals surface area contributed by atoms with Gasteiger partial charge < -0.3 is 11.1 Å². The quantitative estimate of drug-likeness (QED) is 0.787. The number of benzene rings is 1. The largest absolute Gasteiger partial charge is 0.351 e. The fourth-order valence-corrected chi connectivity index (χ4v) is 2.38. The number of anilines is 1. The van der Waals surface area contributed by atoms with E-state index >= 15 is 0 Å². The molecule has 1 aromatic carbocycles. The highest BCUT2D eigenvalue weighted by Gasteiger charge is 2.15. The number of rotatable bonds is 2. The van der Waals surface area contributed by atoms with Crippen molar-refractivity contribution >= 4 is 11.7 Å². The Kier molecular flexibility index (Phi) is 3.13. The van der Waals surface area contributed by atoms with Gasteiger partial charge in [0, 0.05) is 5.69 Å². The molecule has 0 radical (unpaired) electrons. The minimum Gasteiger partial charge on any atom is -0.351 e. The molecule has 0 spiro atoms. The van der Waals surface area contributed by atoms with E-state index in [9.17, 15) is 4.79 Å². The van der Waals surface area contributed by atoms with Crippen LogP contribution in [0.4, 0.5) is 10.5 Å². The third-order valence-electron chi connectivity index (χ3n) is 3.19. The van der Waals surface area contributed by atoms with Crippen molar-refractivity contribution in [2.75, 3.05) is 5.32 Å². The van der Waals surface area contributed by atoms with Gasteiger partial charge in [-0.05, 0) is 54.9 Å². The number of hydrogen-bond donors (Lipinski definition) is 2. The number of amides is 2. The zero-order valence-corrected chi connectivity index (χ0v) is 9.68. The zero-order valence-electron chi connectivity index (χ0n) is 9.68. The van der Waals surface area contributed by atoms with Crippen molar-refractivity contribution in [3.8, 4) is 0 Å². The molecule has 16 heavy (non-hydrogen) atoms. The Hall–Kier alpha value is -1.51. The molecule has 0 bridgehead atoms. The Morgan fingerprint density at radius 1 is 1.38 bits per heavy atom. The molecule has 3 heteroatoms. The number of nitrogens with one attached hydrogen (secondary N) is 1. The minimum atomic E-state index is -0.471. The number of nitrogens with two attached hydrogens (primary N) is 1. The first-order chi connectivity index (χ1) is 7.70. The van der Waals surface area contributed by atoms with Crippen LogP contribution in [-0.4, -0.2) is 6.03 Å². The van der Waals surface area contributed by atoms with Crippen LogP contribution in [-0.2, 0) is 19.3 Å². The van der Waals surface area contributed by atoms with E-state index in [1.807, 2.05) is 0 Å². The number of fused-ring (bicyclic) bond motifs is 1. The average Bonchev–Trinajstić information content (AvgIpc) is 2.28. The SMILES string of the molecule is CCc1cc2c(c(NC(N)=O)c1)CCCC2. The highest BCUT2D eigenvalue weighted by Crippen LogP contribution is 2.29. The molecule has 1 aromatic rings. The van der Waals surface area contributed by atoms with Crippen LogP contribution in [0.1, 0.15) is 36.5 Å². The Labute approximate surface area is 96.0 Å². The number of carbonyl (C=O) groups is 1. The van der Waals surface area contributed by atoms with Crippen LogP contribution in [0, 0.1) is 0 Å². The second-order valence-electron chi connectivity index (χ2n) is 4.33. The smallest absolute Gasteiger partial charge is 0.316 e. The van der Waals surface area contributed by atoms with Crippen molar-refractivity contribution in [3.05, 3.63) is 28.8 Å². The third-order valence-corrected chi connectivity index (χ3v) is 3.19. The second-order valence-corrected chi connectivity index (χ2v) is 4.33. The van der Waals surface area contributed by atoms with Gasteiger partial charge in [-0.1, -0.05) is 13.0 Å². The minimum absolute atomic E-state index is 0.471. The standard InChI is InChI=1S/C13H18N2O/c1-2-9-7-10-5-3-4-6-11(10)12(8-9)15-13(14)16/h7-8H,2-6H2,1H3,(H3,14,15,16). The molecule has 0 unspecified atom stereocenters. The Bertz CT molecular complexity index is 413. The van der Waals surface area contributed by atoms with Crippen molar-refractivity contribution in [1.82, 2.24) is 0 Å². The topological polar surface area (TPSA) is 55.1 Å². The molecule has 3 N–H and O–H groups in total. The summed E-state index contributed by atoms with van der Waals surface area (Å²) in [5.74, 6) is 0. The first-order valence-corrected chi connectivity index (χ1v) is 5.92. The Morgan fingerprint density at radius 3 is 2.81 bits per heavy atom. The molecule has 0 saturated heterocycles. The van der Waals surface area contributed by atoms with Gasteiger partial charge in [0.05, 0.1) is 0 Å². The molecule has 0 aromatic heterocycles. The van der Waals surface area contributed by atoms with E-state index in [0.717, 1.165) is 24.9 Å². The van der Waals surface area contributed by atoms with Gasteiger partial charge in [-0.2, -0.15) is 0 Å². The normalized spacial score (nSPS) is 14.3. The molecule has 1 aliphatic carbocycles. The van der Waals surface area contributed by atoms with Gasteiger partial charge in [0.1, 0.15) is 0 Å². The van der Waals surface area contributed by atoms with Gasteiger partial charge in [0.15, 0.2) is 0 Å². The summed E-state index contributed by atoms with van der Waals surface area (Å²) in [6, 6.07) is 3.84. The molecule has 3 nitrogen and oxygen atoms in total. The summed E-state index contributed by atoms with van der Waals surface area (Å²) >= 11 is 0. The molecule has 1 aliphatic rings. The summed E-state index contributed by atoms with van der Waals surface area (Å²) in [5, 5.41) is 2.75. The molecule has 2 rings (SSSR count). The fraction of sp³-hybridized carbons (Fsp3) is 0.462. The van der Waals surface area contributed by atoms with E-state index in [0.29, 0.717) is 0 Å². The van der Waals surface area contributed by atoms with E-state index < -0.39 is 6.03 Å². The summed E-state index contributed by atoms with van der Waals surface area (Å²) < 4.78 is 0. The summed E-state index contributed by atoms with van der Waals surface area (Å²) in [4.78, 5) is 11.0. The molecule has 0 atom stereocenters. The Morgan fingerprint density at radius 2 is 2.12 bits per heavy atom. The predicted molar refractivity (Wildman–Crippen MR) is 65.7 cm³/mol. The first kappa shape index (κ1) is 11.0. The van der Waals surface area contributed by atoms with Crippen molar-refractivity contribution < 1.29 is 4.79 Å². The lowest BCUT2D eigenvalue weighted by Crippen LogP contribution is -2.21. The highest BCUT2D eigenvalue weighted by molar-refractivity contribution is 5.89. The summed E-state index contributed by atoms with van der Waals surface area (Å²) in [6.07, 6.45) is 5.61. The number of carbonyl (C=O) groups excluding carboxylic acids is 1. The molecule has 0 heterocycles. The average molecular weight is 218 g/mol. The summed E-state index contributed by atoms with van der Waals surface area (Å²) in [5.41, 5.74) is 10.0. The number of aryl methyl sites for hydroxylation is 2. The maximum absolute atomic E-state index is 11.0. The van der Waals surface area contributed by atoms with Crippen LogP contribution < -0.4 is 11.1 Å². The summed E-state index contributed by atoms with van der Waals surface area (Å²) in [6.45, 7) is 2.12. The third kappa shape index (κ3) is 2.18. The van der Waals surface area contributed by atoms with Crippen molar-refractivity contribution in [1.29, 1.82) is 0 Å². The lowest BCUT2D eigenvalue weighted by Gasteiger charge is -2.20. The Balaban J connectivity index is 2.43. The first-order valence-electron chi connectivity index (χ1n) is 5.92. The molecule has 0 aliphatic heterocycles. The number of primary amides is 1. The van der Waals surface area contributed by atoms with Gasteiger partial charge in [-0.15, -0.1) is 0 Å². The van der Waals surface area contributed by atoms with Crippen LogP contribution in [0.25, 0.3) is 0 Å². The molecule has 86 valence electrons. The van der Waals surface area contributed by atoms with Gasteiger partial charge in [0.2, 0.25) is 0 Å². The molecule has 2 amide bonds. The van der Waals surface area contributed by atoms with Crippen LogP contribution in [0.5, 0.6) is 0 Å². The van der Waals surface area contributed by atoms with Crippen LogP contribution >= 0.6 is 0 Å². The monoisotopic (exact) mass is 218 g/mol. The molecular weight excluding hydrogens is 200 g/mol. The lowest BCUT2D eigenvalue weighted by atomic mass is 9.88. The maximum atomic E-state index is 11.0. The molecule has 0 fully saturated rings. The van der Waals surface area contributed by atoms with E-state index in [1.165, 1.54) is 29.5 Å². The summed E-state index contributed by atoms with van der Waals surface area (Å²) in [7, 11) is 0. The van der Waals surface area contributed by atoms with Gasteiger partial charge in [-0.25, -0.2) is 4.79 Å².